The van der Waals surface area contributed by atoms with Gasteiger partial charge < -0.3 is 15.8 Å². The Morgan fingerprint density at radius 2 is 1.83 bits per heavy atom. The molecule has 0 heterocycles. The van der Waals surface area contributed by atoms with Crippen molar-refractivity contribution in [2.24, 2.45) is 5.73 Å². The average Bonchev–Trinajstić information content (AvgIpc) is 2.56. The van der Waals surface area contributed by atoms with Crippen molar-refractivity contribution in [2.45, 2.75) is 11.3 Å². The highest BCUT2D eigenvalue weighted by atomic mass is 32.2. The second kappa shape index (κ2) is 8.24. The molecule has 0 aliphatic rings. The van der Waals surface area contributed by atoms with Crippen molar-refractivity contribution in [3.63, 3.8) is 0 Å². The highest BCUT2D eigenvalue weighted by Crippen LogP contribution is 2.22. The van der Waals surface area contributed by atoms with Crippen molar-refractivity contribution < 1.29 is 14.3 Å². The number of rotatable bonds is 7. The first kappa shape index (κ1) is 16.9. The first-order chi connectivity index (χ1) is 11.1. The van der Waals surface area contributed by atoms with Gasteiger partial charge in [-0.3, -0.25) is 9.59 Å². The van der Waals surface area contributed by atoms with Gasteiger partial charge in [-0.05, 0) is 36.4 Å². The summed E-state index contributed by atoms with van der Waals surface area (Å²) in [7, 11) is 1.62. The van der Waals surface area contributed by atoms with Crippen LogP contribution in [-0.2, 0) is 4.79 Å². The summed E-state index contributed by atoms with van der Waals surface area (Å²) in [5.74, 6) is 0.722. The van der Waals surface area contributed by atoms with Crippen LogP contribution in [0.25, 0.3) is 0 Å². The maximum atomic E-state index is 12.0. The average molecular weight is 330 g/mol. The van der Waals surface area contributed by atoms with Gasteiger partial charge in [0.05, 0.1) is 18.4 Å². The first-order valence-corrected chi connectivity index (χ1v) is 8.04. The van der Waals surface area contributed by atoms with Gasteiger partial charge in [0.15, 0.2) is 0 Å². The fourth-order valence-electron chi connectivity index (χ4n) is 1.95. The van der Waals surface area contributed by atoms with Crippen LogP contribution in [0.3, 0.4) is 0 Å². The molecular weight excluding hydrogens is 312 g/mol. The third-order valence-electron chi connectivity index (χ3n) is 3.12. The lowest BCUT2D eigenvalue weighted by molar-refractivity contribution is -0.115. The molecule has 2 aromatic carbocycles. The highest BCUT2D eigenvalue weighted by Gasteiger charge is 2.10. The van der Waals surface area contributed by atoms with Crippen LogP contribution in [0.2, 0.25) is 0 Å². The van der Waals surface area contributed by atoms with Crippen LogP contribution < -0.4 is 15.8 Å². The van der Waals surface area contributed by atoms with Gasteiger partial charge in [-0.15, -0.1) is 11.8 Å². The topological polar surface area (TPSA) is 81.4 Å². The summed E-state index contributed by atoms with van der Waals surface area (Å²) in [4.78, 5) is 24.4. The van der Waals surface area contributed by atoms with Crippen molar-refractivity contribution in [3.05, 3.63) is 54.1 Å². The predicted molar refractivity (Wildman–Crippen MR) is 91.9 cm³/mol. The molecule has 2 amide bonds. The Kier molecular flexibility index (Phi) is 6.05. The van der Waals surface area contributed by atoms with E-state index in [1.54, 1.807) is 43.1 Å². The lowest BCUT2D eigenvalue weighted by Crippen LogP contribution is -2.18. The van der Waals surface area contributed by atoms with Crippen LogP contribution in [0.1, 0.15) is 16.8 Å². The number of carbonyl (C=O) groups is 2. The number of benzene rings is 2. The van der Waals surface area contributed by atoms with Gasteiger partial charge in [0.2, 0.25) is 5.91 Å². The molecule has 0 unspecified atom stereocenters. The van der Waals surface area contributed by atoms with Gasteiger partial charge in [0.25, 0.3) is 5.91 Å². The van der Waals surface area contributed by atoms with Gasteiger partial charge in [0, 0.05) is 17.1 Å². The molecule has 0 spiro atoms. The van der Waals surface area contributed by atoms with Crippen molar-refractivity contribution in [3.8, 4) is 5.75 Å². The third-order valence-corrected chi connectivity index (χ3v) is 4.14. The number of anilines is 1. The third kappa shape index (κ3) is 5.03. The van der Waals surface area contributed by atoms with Crippen LogP contribution >= 0.6 is 11.8 Å². The monoisotopic (exact) mass is 330 g/mol. The van der Waals surface area contributed by atoms with E-state index in [1.807, 2.05) is 24.3 Å². The Morgan fingerprint density at radius 3 is 2.48 bits per heavy atom. The Balaban J connectivity index is 1.84. The molecule has 2 rings (SSSR count). The van der Waals surface area contributed by atoms with Crippen LogP contribution in [0.15, 0.2) is 53.4 Å². The molecule has 6 heteroatoms. The Morgan fingerprint density at radius 1 is 1.13 bits per heavy atom. The molecule has 0 aliphatic heterocycles. The number of para-hydroxylation sites is 1. The zero-order valence-electron chi connectivity index (χ0n) is 12.7. The van der Waals surface area contributed by atoms with Crippen molar-refractivity contribution in [2.75, 3.05) is 18.2 Å². The molecule has 0 aliphatic carbocycles. The molecule has 3 N–H and O–H groups in total. The number of methoxy groups -OCH3 is 1. The van der Waals surface area contributed by atoms with Crippen molar-refractivity contribution in [1.29, 1.82) is 0 Å². The molecule has 23 heavy (non-hydrogen) atoms. The van der Waals surface area contributed by atoms with Crippen molar-refractivity contribution >= 4 is 29.3 Å². The van der Waals surface area contributed by atoms with Crippen LogP contribution in [0, 0.1) is 0 Å². The maximum absolute atomic E-state index is 12.0. The van der Waals surface area contributed by atoms with E-state index in [1.165, 1.54) is 0 Å². The van der Waals surface area contributed by atoms with Gasteiger partial charge >= 0.3 is 0 Å². The van der Waals surface area contributed by atoms with Gasteiger partial charge in [-0.1, -0.05) is 12.1 Å². The zero-order valence-corrected chi connectivity index (χ0v) is 13.6. The highest BCUT2D eigenvalue weighted by molar-refractivity contribution is 7.99. The van der Waals surface area contributed by atoms with E-state index < -0.39 is 5.91 Å². The van der Waals surface area contributed by atoms with Gasteiger partial charge in [-0.25, -0.2) is 0 Å². The van der Waals surface area contributed by atoms with Crippen LogP contribution in [-0.4, -0.2) is 24.7 Å². The summed E-state index contributed by atoms with van der Waals surface area (Å²) < 4.78 is 5.10. The summed E-state index contributed by atoms with van der Waals surface area (Å²) in [5, 5.41) is 2.72. The molecule has 0 fully saturated rings. The molecule has 120 valence electrons. The van der Waals surface area contributed by atoms with E-state index in [-0.39, 0.29) is 5.91 Å². The number of hydrogen-bond acceptors (Lipinski definition) is 4. The molecule has 0 aromatic heterocycles. The Hall–Kier alpha value is -2.47. The normalized spacial score (nSPS) is 10.1. The molecule has 0 saturated heterocycles. The first-order valence-electron chi connectivity index (χ1n) is 7.05. The second-order valence-corrected chi connectivity index (χ2v) is 5.90. The van der Waals surface area contributed by atoms with Gasteiger partial charge in [0.1, 0.15) is 5.75 Å². The van der Waals surface area contributed by atoms with E-state index in [2.05, 4.69) is 5.32 Å². The number of primary amides is 1. The number of nitrogens with two attached hydrogens (primary N) is 1. The second-order valence-electron chi connectivity index (χ2n) is 4.73. The van der Waals surface area contributed by atoms with Gasteiger partial charge in [-0.2, -0.15) is 0 Å². The number of nitrogens with one attached hydrogen (secondary N) is 1. The predicted octanol–water partition coefficient (Wildman–Crippen LogP) is 2.92. The summed E-state index contributed by atoms with van der Waals surface area (Å²) in [6.45, 7) is 0. The van der Waals surface area contributed by atoms with Crippen LogP contribution in [0.4, 0.5) is 5.69 Å². The minimum Gasteiger partial charge on any atom is -0.497 e. The lowest BCUT2D eigenvalue weighted by atomic mass is 10.1. The van der Waals surface area contributed by atoms with Crippen LogP contribution in [0.5, 0.6) is 5.75 Å². The van der Waals surface area contributed by atoms with E-state index in [0.717, 1.165) is 10.6 Å². The summed E-state index contributed by atoms with van der Waals surface area (Å²) in [6.07, 6.45) is 0.337. The number of thioether (sulfide) groups is 1. The quantitative estimate of drug-likeness (QED) is 0.765. The Labute approximate surface area is 139 Å². The van der Waals surface area contributed by atoms with E-state index in [0.29, 0.717) is 23.4 Å². The molecule has 0 atom stereocenters. The number of carbonyl (C=O) groups excluding carboxylic acids is 2. The lowest BCUT2D eigenvalue weighted by Gasteiger charge is -2.08. The summed E-state index contributed by atoms with van der Waals surface area (Å²) in [5.41, 5.74) is 6.04. The minimum absolute atomic E-state index is 0.153. The summed E-state index contributed by atoms with van der Waals surface area (Å²) >= 11 is 1.58. The molecule has 2 aromatic rings. The molecule has 0 saturated carbocycles. The molecule has 0 radical (unpaired) electrons. The molecular formula is C17H18N2O3S. The van der Waals surface area contributed by atoms with E-state index >= 15 is 0 Å². The minimum atomic E-state index is -0.562. The van der Waals surface area contributed by atoms with Crippen molar-refractivity contribution in [1.82, 2.24) is 0 Å². The smallest absolute Gasteiger partial charge is 0.250 e. The molecule has 5 nitrogen and oxygen atoms in total. The largest absolute Gasteiger partial charge is 0.497 e. The fraction of sp³-hybridized carbons (Fsp3) is 0.176. The fourth-order valence-corrected chi connectivity index (χ4v) is 2.80. The number of amides is 2. The molecule has 0 bridgehead atoms. The summed E-state index contributed by atoms with van der Waals surface area (Å²) in [6, 6.07) is 14.4. The Bertz CT molecular complexity index is 686. The van der Waals surface area contributed by atoms with E-state index in [9.17, 15) is 9.59 Å². The number of ether oxygens (including phenoxy) is 1. The number of hydrogen-bond donors (Lipinski definition) is 2. The standard InChI is InChI=1S/C17H18N2O3S/c1-22-12-6-8-13(9-7-12)23-11-10-16(20)19-15-5-3-2-4-14(15)17(18)21/h2-9H,10-11H2,1H3,(H2,18,21)(H,19,20). The maximum Gasteiger partial charge on any atom is 0.250 e. The SMILES string of the molecule is COc1ccc(SCCC(=O)Nc2ccccc2C(N)=O)cc1. The zero-order chi connectivity index (χ0) is 16.7. The van der Waals surface area contributed by atoms with E-state index in [4.69, 9.17) is 10.5 Å².